The molecule has 8 heteroatoms. The van der Waals surface area contributed by atoms with Gasteiger partial charge in [0.05, 0.1) is 24.6 Å². The first-order valence-electron chi connectivity index (χ1n) is 8.84. The number of amides is 2. The van der Waals surface area contributed by atoms with Crippen molar-refractivity contribution in [3.63, 3.8) is 0 Å². The fourth-order valence-corrected chi connectivity index (χ4v) is 2.72. The number of nitrogens with one attached hydrogen (secondary N) is 2. The summed E-state index contributed by atoms with van der Waals surface area (Å²) in [5, 5.41) is 16.9. The summed E-state index contributed by atoms with van der Waals surface area (Å²) in [5.41, 5.74) is 3.97. The highest BCUT2D eigenvalue weighted by Gasteiger charge is 2.13. The predicted octanol–water partition coefficient (Wildman–Crippen LogP) is 4.07. The zero-order valence-electron chi connectivity index (χ0n) is 15.9. The second-order valence-electron chi connectivity index (χ2n) is 6.14. The summed E-state index contributed by atoms with van der Waals surface area (Å²) in [5.74, 6) is -0.579. The van der Waals surface area contributed by atoms with Gasteiger partial charge in [-0.3, -0.25) is 9.59 Å². The molecule has 0 aliphatic rings. The van der Waals surface area contributed by atoms with E-state index in [9.17, 15) is 14.7 Å². The van der Waals surface area contributed by atoms with Crippen LogP contribution in [0.5, 0.6) is 11.5 Å². The highest BCUT2D eigenvalue weighted by molar-refractivity contribution is 6.30. The third-order valence-electron chi connectivity index (χ3n) is 4.11. The van der Waals surface area contributed by atoms with Crippen LogP contribution in [0.2, 0.25) is 5.02 Å². The fraction of sp³-hybridized carbons (Fsp3) is 0.0455. The molecule has 0 bridgehead atoms. The number of nitrogens with zero attached hydrogens (tertiary/aromatic N) is 1. The van der Waals surface area contributed by atoms with Gasteiger partial charge in [-0.05, 0) is 60.2 Å². The lowest BCUT2D eigenvalue weighted by molar-refractivity contribution is 0.0956. The van der Waals surface area contributed by atoms with E-state index in [2.05, 4.69) is 15.8 Å². The zero-order chi connectivity index (χ0) is 21.5. The largest absolute Gasteiger partial charge is 0.504 e. The molecule has 3 aromatic carbocycles. The molecule has 0 aliphatic heterocycles. The second-order valence-corrected chi connectivity index (χ2v) is 6.57. The van der Waals surface area contributed by atoms with Crippen LogP contribution >= 0.6 is 11.6 Å². The van der Waals surface area contributed by atoms with E-state index in [1.165, 1.54) is 19.4 Å². The molecule has 0 aliphatic carbocycles. The van der Waals surface area contributed by atoms with Gasteiger partial charge in [-0.1, -0.05) is 23.7 Å². The highest BCUT2D eigenvalue weighted by atomic mass is 35.5. The molecule has 3 aromatic rings. The maximum Gasteiger partial charge on any atom is 0.273 e. The summed E-state index contributed by atoms with van der Waals surface area (Å²) < 4.78 is 4.98. The Bertz CT molecular complexity index is 1100. The summed E-state index contributed by atoms with van der Waals surface area (Å²) in [4.78, 5) is 25.0. The molecule has 0 spiro atoms. The van der Waals surface area contributed by atoms with E-state index in [0.29, 0.717) is 27.6 Å². The Morgan fingerprint density at radius 3 is 2.47 bits per heavy atom. The lowest BCUT2D eigenvalue weighted by Crippen LogP contribution is -2.21. The first-order valence-corrected chi connectivity index (χ1v) is 9.22. The van der Waals surface area contributed by atoms with Gasteiger partial charge in [-0.2, -0.15) is 5.10 Å². The van der Waals surface area contributed by atoms with Crippen molar-refractivity contribution < 1.29 is 19.4 Å². The van der Waals surface area contributed by atoms with E-state index < -0.39 is 5.91 Å². The van der Waals surface area contributed by atoms with Crippen LogP contribution in [-0.4, -0.2) is 30.2 Å². The lowest BCUT2D eigenvalue weighted by Gasteiger charge is -2.10. The number of hydrogen-bond acceptors (Lipinski definition) is 5. The number of aromatic hydroxyl groups is 1. The Hall–Kier alpha value is -3.84. The number of ether oxygens (including phenoxy) is 1. The van der Waals surface area contributed by atoms with E-state index in [4.69, 9.17) is 16.3 Å². The number of carbonyl (C=O) groups is 2. The smallest absolute Gasteiger partial charge is 0.273 e. The average molecular weight is 424 g/mol. The molecule has 3 N–H and O–H groups in total. The predicted molar refractivity (Wildman–Crippen MR) is 116 cm³/mol. The summed E-state index contributed by atoms with van der Waals surface area (Å²) >= 11 is 5.84. The van der Waals surface area contributed by atoms with Crippen LogP contribution in [0.1, 0.15) is 26.3 Å². The quantitative estimate of drug-likeness (QED) is 0.411. The van der Waals surface area contributed by atoms with Crippen LogP contribution in [0.3, 0.4) is 0 Å². The molecule has 2 amide bonds. The van der Waals surface area contributed by atoms with Crippen LogP contribution in [0.25, 0.3) is 0 Å². The molecule has 152 valence electrons. The first-order chi connectivity index (χ1) is 14.5. The van der Waals surface area contributed by atoms with Gasteiger partial charge in [0.2, 0.25) is 0 Å². The van der Waals surface area contributed by atoms with E-state index in [1.54, 1.807) is 60.7 Å². The molecule has 0 radical (unpaired) electrons. The number of rotatable bonds is 6. The Kier molecular flexibility index (Phi) is 6.67. The van der Waals surface area contributed by atoms with E-state index in [1.807, 2.05) is 0 Å². The molecule has 0 aromatic heterocycles. The van der Waals surface area contributed by atoms with Gasteiger partial charge in [0.1, 0.15) is 0 Å². The summed E-state index contributed by atoms with van der Waals surface area (Å²) in [6, 6.07) is 17.7. The number of halogens is 1. The van der Waals surface area contributed by atoms with Crippen LogP contribution < -0.4 is 15.5 Å². The van der Waals surface area contributed by atoms with Crippen molar-refractivity contribution >= 4 is 35.3 Å². The number of phenols is 1. The number of benzene rings is 3. The van der Waals surface area contributed by atoms with Gasteiger partial charge < -0.3 is 15.2 Å². The number of anilines is 1. The molecular formula is C22H18ClN3O4. The molecule has 0 saturated carbocycles. The normalized spacial score (nSPS) is 10.6. The van der Waals surface area contributed by atoms with Crippen molar-refractivity contribution in [2.45, 2.75) is 0 Å². The van der Waals surface area contributed by atoms with E-state index >= 15 is 0 Å². The fourth-order valence-electron chi connectivity index (χ4n) is 2.60. The molecule has 30 heavy (non-hydrogen) atoms. The van der Waals surface area contributed by atoms with Gasteiger partial charge in [-0.15, -0.1) is 0 Å². The van der Waals surface area contributed by atoms with Crippen LogP contribution in [-0.2, 0) is 0 Å². The molecule has 0 heterocycles. The van der Waals surface area contributed by atoms with Crippen molar-refractivity contribution in [1.29, 1.82) is 0 Å². The molecule has 0 atom stereocenters. The van der Waals surface area contributed by atoms with E-state index in [0.717, 1.165) is 0 Å². The van der Waals surface area contributed by atoms with Gasteiger partial charge in [0, 0.05) is 10.6 Å². The second kappa shape index (κ2) is 9.58. The number of para-hydroxylation sites is 1. The monoisotopic (exact) mass is 423 g/mol. The van der Waals surface area contributed by atoms with Crippen LogP contribution in [0, 0.1) is 0 Å². The van der Waals surface area contributed by atoms with Crippen molar-refractivity contribution in [2.24, 2.45) is 5.10 Å². The lowest BCUT2D eigenvalue weighted by atomic mass is 10.1. The minimum Gasteiger partial charge on any atom is -0.504 e. The Labute approximate surface area is 178 Å². The summed E-state index contributed by atoms with van der Waals surface area (Å²) in [6.07, 6.45) is 1.38. The topological polar surface area (TPSA) is 100 Å². The number of phenolic OH excluding ortho intramolecular Hbond substituents is 1. The van der Waals surface area contributed by atoms with Crippen molar-refractivity contribution in [3.8, 4) is 11.5 Å². The average Bonchev–Trinajstić information content (AvgIpc) is 2.74. The van der Waals surface area contributed by atoms with Crippen molar-refractivity contribution in [1.82, 2.24) is 5.43 Å². The Morgan fingerprint density at radius 2 is 1.77 bits per heavy atom. The zero-order valence-corrected chi connectivity index (χ0v) is 16.7. The van der Waals surface area contributed by atoms with E-state index in [-0.39, 0.29) is 17.2 Å². The molecule has 7 nitrogen and oxygen atoms in total. The minimum absolute atomic E-state index is 0.0389. The van der Waals surface area contributed by atoms with Crippen LogP contribution in [0.15, 0.2) is 71.8 Å². The maximum atomic E-state index is 12.5. The van der Waals surface area contributed by atoms with Gasteiger partial charge in [0.15, 0.2) is 11.5 Å². The SMILES string of the molecule is COc1ccc(/C=N\NC(=O)c2ccccc2NC(=O)c2ccc(Cl)cc2)cc1O. The van der Waals surface area contributed by atoms with Gasteiger partial charge >= 0.3 is 0 Å². The summed E-state index contributed by atoms with van der Waals surface area (Å²) in [7, 11) is 1.45. The number of hydrazone groups is 1. The summed E-state index contributed by atoms with van der Waals surface area (Å²) in [6.45, 7) is 0. The molecular weight excluding hydrogens is 406 g/mol. The van der Waals surface area contributed by atoms with Gasteiger partial charge in [0.25, 0.3) is 11.8 Å². The van der Waals surface area contributed by atoms with Crippen molar-refractivity contribution in [3.05, 3.63) is 88.4 Å². The van der Waals surface area contributed by atoms with Crippen LogP contribution in [0.4, 0.5) is 5.69 Å². The Balaban J connectivity index is 1.70. The molecule has 0 saturated heterocycles. The molecule has 0 unspecified atom stereocenters. The number of hydrogen-bond donors (Lipinski definition) is 3. The minimum atomic E-state index is -0.504. The third kappa shape index (κ3) is 5.15. The first kappa shape index (κ1) is 20.9. The standard InChI is InChI=1S/C22H18ClN3O4/c1-30-20-11-6-14(12-19(20)27)13-24-26-22(29)17-4-2-3-5-18(17)25-21(28)15-7-9-16(23)10-8-15/h2-13,27H,1H3,(H,25,28)(H,26,29)/b24-13-. The third-order valence-corrected chi connectivity index (χ3v) is 4.36. The molecule has 3 rings (SSSR count). The van der Waals surface area contributed by atoms with Gasteiger partial charge in [-0.25, -0.2) is 5.43 Å². The van der Waals surface area contributed by atoms with Crippen molar-refractivity contribution in [2.75, 3.05) is 12.4 Å². The maximum absolute atomic E-state index is 12.5. The number of carbonyl (C=O) groups excluding carboxylic acids is 2. The number of methoxy groups -OCH3 is 1. The molecule has 0 fully saturated rings. The highest BCUT2D eigenvalue weighted by Crippen LogP contribution is 2.25. The Morgan fingerprint density at radius 1 is 1.03 bits per heavy atom.